The van der Waals surface area contributed by atoms with Crippen LogP contribution in [0.25, 0.3) is 5.76 Å². The number of Topliss-reactive ketones (excluding diaryl/α,β-unsaturated/α-hetero) is 1. The van der Waals surface area contributed by atoms with Crippen molar-refractivity contribution in [3.8, 4) is 11.5 Å². The zero-order valence-electron chi connectivity index (χ0n) is 19.8. The molecule has 180 valence electrons. The molecule has 7 heteroatoms. The van der Waals surface area contributed by atoms with Gasteiger partial charge in [-0.25, -0.2) is 0 Å². The Hall–Kier alpha value is -4.13. The molecule has 0 bridgehead atoms. The number of rotatable bonds is 9. The highest BCUT2D eigenvalue weighted by atomic mass is 16.5. The molecule has 1 N–H and O–H groups in total. The second-order valence-electron chi connectivity index (χ2n) is 8.29. The number of carbonyl (C=O) groups is 2. The molecule has 3 aromatic rings. The highest BCUT2D eigenvalue weighted by molar-refractivity contribution is 6.46. The number of likely N-dealkylation sites (tertiary alicyclic amines) is 1. The number of amides is 1. The third-order valence-corrected chi connectivity index (χ3v) is 5.92. The van der Waals surface area contributed by atoms with Crippen LogP contribution in [-0.2, 0) is 16.1 Å². The molecule has 0 spiro atoms. The number of hydrogen-bond acceptors (Lipinski definition) is 6. The molecule has 1 saturated heterocycles. The second kappa shape index (κ2) is 10.9. The first-order valence-electron chi connectivity index (χ1n) is 11.6. The average Bonchev–Trinajstić information content (AvgIpc) is 3.14. The van der Waals surface area contributed by atoms with Gasteiger partial charge in [0.2, 0.25) is 0 Å². The van der Waals surface area contributed by atoms with E-state index in [1.165, 1.54) is 12.0 Å². The van der Waals surface area contributed by atoms with Gasteiger partial charge < -0.3 is 19.5 Å². The Morgan fingerprint density at radius 3 is 2.54 bits per heavy atom. The van der Waals surface area contributed by atoms with E-state index in [-0.39, 0.29) is 17.9 Å². The molecule has 2 heterocycles. The van der Waals surface area contributed by atoms with E-state index in [0.717, 1.165) is 18.4 Å². The van der Waals surface area contributed by atoms with Gasteiger partial charge in [0.15, 0.2) is 0 Å². The standard InChI is InChI=1S/C28H28N2O5/c1-3-4-15-35-22-12-10-20(11-13-22)25-24(26(31)21-8-5-9-23(16-21)34-2)27(32)28(33)30(25)18-19-7-6-14-29-17-19/h5-14,16-17,25,31H,3-4,15,18H2,1-2H3/b26-24+. The largest absolute Gasteiger partial charge is 0.507 e. The summed E-state index contributed by atoms with van der Waals surface area (Å²) in [6.07, 6.45) is 5.29. The number of ketones is 1. The van der Waals surface area contributed by atoms with Gasteiger partial charge in [-0.1, -0.05) is 43.7 Å². The maximum atomic E-state index is 13.2. The molecule has 0 saturated carbocycles. The number of nitrogens with zero attached hydrogens (tertiary/aromatic N) is 2. The first-order chi connectivity index (χ1) is 17.0. The van der Waals surface area contributed by atoms with Crippen molar-refractivity contribution >= 4 is 17.4 Å². The fourth-order valence-corrected chi connectivity index (χ4v) is 4.08. The quantitative estimate of drug-likeness (QED) is 0.206. The molecule has 4 rings (SSSR count). The maximum Gasteiger partial charge on any atom is 0.295 e. The van der Waals surface area contributed by atoms with Crippen molar-refractivity contribution in [1.82, 2.24) is 9.88 Å². The number of pyridine rings is 1. The second-order valence-corrected chi connectivity index (χ2v) is 8.29. The van der Waals surface area contributed by atoms with Crippen molar-refractivity contribution in [2.24, 2.45) is 0 Å². The van der Waals surface area contributed by atoms with Crippen molar-refractivity contribution in [2.75, 3.05) is 13.7 Å². The summed E-state index contributed by atoms with van der Waals surface area (Å²) < 4.78 is 11.0. The van der Waals surface area contributed by atoms with Crippen LogP contribution in [0.2, 0.25) is 0 Å². The van der Waals surface area contributed by atoms with Crippen LogP contribution in [0.1, 0.15) is 42.5 Å². The Balaban J connectivity index is 1.77. The van der Waals surface area contributed by atoms with Gasteiger partial charge in [-0.3, -0.25) is 14.6 Å². The zero-order valence-corrected chi connectivity index (χ0v) is 19.8. The van der Waals surface area contributed by atoms with Gasteiger partial charge in [-0.05, 0) is 47.9 Å². The Labute approximate surface area is 204 Å². The fourth-order valence-electron chi connectivity index (χ4n) is 4.08. The van der Waals surface area contributed by atoms with Crippen LogP contribution >= 0.6 is 0 Å². The van der Waals surface area contributed by atoms with E-state index in [2.05, 4.69) is 11.9 Å². The summed E-state index contributed by atoms with van der Waals surface area (Å²) in [5.41, 5.74) is 1.90. The van der Waals surface area contributed by atoms with Gasteiger partial charge >= 0.3 is 0 Å². The molecular weight excluding hydrogens is 444 g/mol. The monoisotopic (exact) mass is 472 g/mol. The summed E-state index contributed by atoms with van der Waals surface area (Å²) in [6.45, 7) is 2.89. The lowest BCUT2D eigenvalue weighted by Gasteiger charge is -2.25. The third-order valence-electron chi connectivity index (χ3n) is 5.92. The molecule has 1 aliphatic rings. The minimum atomic E-state index is -0.772. The van der Waals surface area contributed by atoms with Crippen LogP contribution in [-0.4, -0.2) is 40.4 Å². The molecule has 2 aromatic carbocycles. The first-order valence-corrected chi connectivity index (χ1v) is 11.6. The van der Waals surface area contributed by atoms with Crippen molar-refractivity contribution in [3.63, 3.8) is 0 Å². The summed E-state index contributed by atoms with van der Waals surface area (Å²) in [4.78, 5) is 32.0. The molecule has 1 amide bonds. The summed E-state index contributed by atoms with van der Waals surface area (Å²) in [5, 5.41) is 11.2. The van der Waals surface area contributed by atoms with Crippen LogP contribution in [0.15, 0.2) is 78.6 Å². The van der Waals surface area contributed by atoms with Crippen molar-refractivity contribution in [1.29, 1.82) is 0 Å². The average molecular weight is 473 g/mol. The highest BCUT2D eigenvalue weighted by Gasteiger charge is 2.46. The Bertz CT molecular complexity index is 1220. The molecule has 1 atom stereocenters. The van der Waals surface area contributed by atoms with E-state index in [9.17, 15) is 14.7 Å². The number of aliphatic hydroxyl groups is 1. The number of unbranched alkanes of at least 4 members (excludes halogenated alkanes) is 1. The smallest absolute Gasteiger partial charge is 0.295 e. The number of carbonyl (C=O) groups excluding carboxylic acids is 2. The van der Waals surface area contributed by atoms with Gasteiger partial charge in [-0.15, -0.1) is 0 Å². The summed E-state index contributed by atoms with van der Waals surface area (Å²) in [6, 6.07) is 16.9. The number of hydrogen-bond donors (Lipinski definition) is 1. The highest BCUT2D eigenvalue weighted by Crippen LogP contribution is 2.41. The normalized spacial score (nSPS) is 17.0. The minimum absolute atomic E-state index is 0.0341. The van der Waals surface area contributed by atoms with Crippen LogP contribution in [0.5, 0.6) is 11.5 Å². The minimum Gasteiger partial charge on any atom is -0.507 e. The molecule has 7 nitrogen and oxygen atoms in total. The van der Waals surface area contributed by atoms with Crippen LogP contribution in [0.4, 0.5) is 0 Å². The molecular formula is C28H28N2O5. The number of aromatic nitrogens is 1. The summed E-state index contributed by atoms with van der Waals surface area (Å²) in [7, 11) is 1.52. The van der Waals surface area contributed by atoms with E-state index in [1.807, 2.05) is 30.3 Å². The van der Waals surface area contributed by atoms with Crippen LogP contribution < -0.4 is 9.47 Å². The molecule has 35 heavy (non-hydrogen) atoms. The summed E-state index contributed by atoms with van der Waals surface area (Å²) in [5.74, 6) is -0.416. The third kappa shape index (κ3) is 5.19. The number of methoxy groups -OCH3 is 1. The lowest BCUT2D eigenvalue weighted by atomic mass is 9.95. The molecule has 1 unspecified atom stereocenters. The van der Waals surface area contributed by atoms with Crippen molar-refractivity contribution < 1.29 is 24.2 Å². The Kier molecular flexibility index (Phi) is 7.45. The topological polar surface area (TPSA) is 89.0 Å². The van der Waals surface area contributed by atoms with Crippen molar-refractivity contribution in [3.05, 3.63) is 95.3 Å². The number of benzene rings is 2. The molecule has 0 radical (unpaired) electrons. The van der Waals surface area contributed by atoms with E-state index in [4.69, 9.17) is 9.47 Å². The number of aliphatic hydroxyl groups excluding tert-OH is 1. The molecule has 0 aliphatic carbocycles. The first kappa shape index (κ1) is 24.0. The molecule has 1 fully saturated rings. The van der Waals surface area contributed by atoms with Gasteiger partial charge in [0.25, 0.3) is 11.7 Å². The fraction of sp³-hybridized carbons (Fsp3) is 0.250. The van der Waals surface area contributed by atoms with Crippen molar-refractivity contribution in [2.45, 2.75) is 32.4 Å². The van der Waals surface area contributed by atoms with Gasteiger partial charge in [-0.2, -0.15) is 0 Å². The predicted molar refractivity (Wildman–Crippen MR) is 132 cm³/mol. The van der Waals surface area contributed by atoms with Gasteiger partial charge in [0.1, 0.15) is 17.3 Å². The molecule has 1 aromatic heterocycles. The van der Waals surface area contributed by atoms with E-state index < -0.39 is 17.7 Å². The summed E-state index contributed by atoms with van der Waals surface area (Å²) >= 11 is 0. The van der Waals surface area contributed by atoms with E-state index >= 15 is 0 Å². The number of ether oxygens (including phenoxy) is 2. The Morgan fingerprint density at radius 1 is 1.06 bits per heavy atom. The maximum absolute atomic E-state index is 13.2. The van der Waals surface area contributed by atoms with Crippen LogP contribution in [0, 0.1) is 0 Å². The lowest BCUT2D eigenvalue weighted by Crippen LogP contribution is -2.29. The Morgan fingerprint density at radius 2 is 1.86 bits per heavy atom. The van der Waals surface area contributed by atoms with Crippen LogP contribution in [0.3, 0.4) is 0 Å². The zero-order chi connectivity index (χ0) is 24.8. The lowest BCUT2D eigenvalue weighted by molar-refractivity contribution is -0.140. The van der Waals surface area contributed by atoms with E-state index in [0.29, 0.717) is 29.2 Å². The van der Waals surface area contributed by atoms with E-state index in [1.54, 1.807) is 42.7 Å². The van der Waals surface area contributed by atoms with Gasteiger partial charge in [0.05, 0.1) is 25.3 Å². The molecule has 1 aliphatic heterocycles. The predicted octanol–water partition coefficient (Wildman–Crippen LogP) is 4.89. The van der Waals surface area contributed by atoms with Gasteiger partial charge in [0, 0.05) is 24.5 Å². The SMILES string of the molecule is CCCCOc1ccc(C2/C(=C(\O)c3cccc(OC)c3)C(=O)C(=O)N2Cc2cccnc2)cc1.